The second-order valence-electron chi connectivity index (χ2n) is 6.39. The van der Waals surface area contributed by atoms with Crippen LogP contribution in [0.3, 0.4) is 0 Å². The van der Waals surface area contributed by atoms with E-state index in [0.717, 1.165) is 12.3 Å². The molecule has 29 heavy (non-hydrogen) atoms. The summed E-state index contributed by atoms with van der Waals surface area (Å²) in [6.07, 6.45) is 3.59. The number of amides is 1. The van der Waals surface area contributed by atoms with Gasteiger partial charge in [0.2, 0.25) is 15.0 Å². The van der Waals surface area contributed by atoms with Crippen LogP contribution in [0.2, 0.25) is 0 Å². The second-order valence-corrected chi connectivity index (χ2v) is 8.30. The first-order valence-electron chi connectivity index (χ1n) is 8.28. The van der Waals surface area contributed by atoms with Crippen LogP contribution < -0.4 is 0 Å². The minimum absolute atomic E-state index is 0.00738. The molecule has 4 rings (SSSR count). The van der Waals surface area contributed by atoms with Gasteiger partial charge in [-0.25, -0.2) is 27.2 Å². The number of carbonyl (C=O) groups is 1. The molecule has 0 N–H and O–H groups in total. The van der Waals surface area contributed by atoms with Crippen molar-refractivity contribution < 1.29 is 26.4 Å². The molecule has 1 aliphatic heterocycles. The van der Waals surface area contributed by atoms with Crippen LogP contribution >= 0.6 is 0 Å². The first-order chi connectivity index (χ1) is 13.7. The van der Waals surface area contributed by atoms with Gasteiger partial charge in [-0.2, -0.15) is 0 Å². The van der Waals surface area contributed by atoms with Crippen LogP contribution in [0.15, 0.2) is 46.2 Å². The third kappa shape index (κ3) is 3.21. The van der Waals surface area contributed by atoms with Gasteiger partial charge in [0.05, 0.1) is 17.5 Å². The Kier molecular flexibility index (Phi) is 4.30. The van der Waals surface area contributed by atoms with E-state index in [2.05, 4.69) is 9.97 Å². The Morgan fingerprint density at radius 2 is 1.86 bits per heavy atom. The molecule has 0 unspecified atom stereocenters. The predicted octanol–water partition coefficient (Wildman–Crippen LogP) is 3.00. The Morgan fingerprint density at radius 3 is 2.48 bits per heavy atom. The Balaban J connectivity index is 2.02. The summed E-state index contributed by atoms with van der Waals surface area (Å²) < 4.78 is 56.9. The van der Waals surface area contributed by atoms with Crippen molar-refractivity contribution in [3.8, 4) is 11.5 Å². The third-order valence-corrected chi connectivity index (χ3v) is 5.20. The lowest BCUT2D eigenvalue weighted by atomic mass is 10.1. The number of hydrogen-bond acceptors (Lipinski definition) is 6. The fourth-order valence-corrected chi connectivity index (χ4v) is 3.47. The van der Waals surface area contributed by atoms with E-state index >= 15 is 0 Å². The van der Waals surface area contributed by atoms with E-state index in [-0.39, 0.29) is 34.0 Å². The molecule has 10 heteroatoms. The van der Waals surface area contributed by atoms with Crippen LogP contribution in [0.1, 0.15) is 21.6 Å². The number of sulfone groups is 1. The molecule has 0 radical (unpaired) electrons. The molecular formula is C19H13F2N3O4S. The molecule has 148 valence electrons. The smallest absolute Gasteiger partial charge is 0.262 e. The minimum atomic E-state index is -3.83. The maximum Gasteiger partial charge on any atom is 0.262 e. The van der Waals surface area contributed by atoms with Crippen molar-refractivity contribution >= 4 is 27.5 Å². The van der Waals surface area contributed by atoms with Gasteiger partial charge in [-0.15, -0.1) is 0 Å². The first-order valence-corrected chi connectivity index (χ1v) is 10.2. The van der Waals surface area contributed by atoms with Crippen molar-refractivity contribution in [3.63, 3.8) is 0 Å². The van der Waals surface area contributed by atoms with Gasteiger partial charge in [0.15, 0.2) is 5.76 Å². The lowest BCUT2D eigenvalue weighted by Gasteiger charge is -2.11. The molecule has 2 aromatic heterocycles. The molecule has 1 amide bonds. The van der Waals surface area contributed by atoms with Gasteiger partial charge in [-0.3, -0.25) is 4.79 Å². The van der Waals surface area contributed by atoms with E-state index in [0.29, 0.717) is 6.07 Å². The zero-order valence-electron chi connectivity index (χ0n) is 15.2. The first kappa shape index (κ1) is 18.9. The number of furan rings is 1. The Hall–Kier alpha value is -3.40. The number of rotatable bonds is 3. The number of fused-ring (bicyclic) bond motifs is 1. The molecular weight excluding hydrogens is 404 g/mol. The van der Waals surface area contributed by atoms with Gasteiger partial charge < -0.3 is 9.32 Å². The fourth-order valence-electron chi connectivity index (χ4n) is 2.95. The highest BCUT2D eigenvalue weighted by Crippen LogP contribution is 2.37. The highest BCUT2D eigenvalue weighted by Gasteiger charge is 2.37. The molecule has 0 spiro atoms. The minimum Gasteiger partial charge on any atom is -0.463 e. The van der Waals surface area contributed by atoms with Crippen molar-refractivity contribution in [2.75, 3.05) is 13.3 Å². The zero-order valence-corrected chi connectivity index (χ0v) is 16.0. The fraction of sp³-hybridized carbons (Fsp3) is 0.105. The molecule has 1 aromatic carbocycles. The van der Waals surface area contributed by atoms with Gasteiger partial charge in [-0.1, -0.05) is 0 Å². The van der Waals surface area contributed by atoms with Crippen LogP contribution in [-0.2, 0) is 9.84 Å². The molecule has 3 aromatic rings. The molecule has 0 aliphatic carbocycles. The summed E-state index contributed by atoms with van der Waals surface area (Å²) >= 11 is 0. The molecule has 0 fully saturated rings. The van der Waals surface area contributed by atoms with Crippen molar-refractivity contribution in [1.82, 2.24) is 14.9 Å². The number of halogens is 2. The second kappa shape index (κ2) is 6.59. The van der Waals surface area contributed by atoms with Crippen molar-refractivity contribution in [1.29, 1.82) is 0 Å². The standard InChI is InChI=1S/C19H13F2N3O4S/c1-24-13(8-10-5-6-11(20)9-12(10)21)16-15(18(24)25)17(14-4-3-7-28-14)23-19(22-16)29(2,26)27/h3-9H,1-2H3/b13-8-. The Morgan fingerprint density at radius 1 is 1.14 bits per heavy atom. The summed E-state index contributed by atoms with van der Waals surface area (Å²) in [5.41, 5.74) is 0.218. The summed E-state index contributed by atoms with van der Waals surface area (Å²) in [6.45, 7) is 0. The van der Waals surface area contributed by atoms with E-state index in [1.807, 2.05) is 0 Å². The van der Waals surface area contributed by atoms with Crippen LogP contribution in [0.25, 0.3) is 23.2 Å². The molecule has 0 bridgehead atoms. The van der Waals surface area contributed by atoms with E-state index < -0.39 is 32.5 Å². The quantitative estimate of drug-likeness (QED) is 0.608. The normalized spacial score (nSPS) is 15.2. The lowest BCUT2D eigenvalue weighted by molar-refractivity contribution is 0.0875. The van der Waals surface area contributed by atoms with Gasteiger partial charge in [0.25, 0.3) is 5.91 Å². The molecule has 0 atom stereocenters. The lowest BCUT2D eigenvalue weighted by Crippen LogP contribution is -2.17. The highest BCUT2D eigenvalue weighted by atomic mass is 32.2. The van der Waals surface area contributed by atoms with Crippen molar-refractivity contribution in [3.05, 3.63) is 65.1 Å². The molecule has 1 aliphatic rings. The van der Waals surface area contributed by atoms with E-state index in [1.165, 1.54) is 36.4 Å². The SMILES string of the molecule is CN1C(=O)c2c(nc(S(C)(=O)=O)nc2-c2ccco2)/C1=C/c1ccc(F)cc1F. The molecule has 0 saturated carbocycles. The van der Waals surface area contributed by atoms with Gasteiger partial charge >= 0.3 is 0 Å². The average Bonchev–Trinajstić information content (AvgIpc) is 3.26. The Bertz CT molecular complexity index is 1290. The van der Waals surface area contributed by atoms with Gasteiger partial charge in [0, 0.05) is 24.9 Å². The largest absolute Gasteiger partial charge is 0.463 e. The van der Waals surface area contributed by atoms with E-state index in [1.54, 1.807) is 6.07 Å². The monoisotopic (exact) mass is 417 g/mol. The molecule has 3 heterocycles. The van der Waals surface area contributed by atoms with Crippen LogP contribution in [0, 0.1) is 11.6 Å². The molecule has 0 saturated heterocycles. The molecule has 7 nitrogen and oxygen atoms in total. The maximum absolute atomic E-state index is 14.1. The zero-order chi connectivity index (χ0) is 20.9. The number of hydrogen-bond donors (Lipinski definition) is 0. The third-order valence-electron chi connectivity index (χ3n) is 4.35. The summed E-state index contributed by atoms with van der Waals surface area (Å²) in [5.74, 6) is -1.91. The Labute approximate surface area is 164 Å². The summed E-state index contributed by atoms with van der Waals surface area (Å²) in [6, 6.07) is 6.09. The number of aromatic nitrogens is 2. The van der Waals surface area contributed by atoms with Crippen molar-refractivity contribution in [2.24, 2.45) is 0 Å². The maximum atomic E-state index is 14.1. The number of nitrogens with zero attached hydrogens (tertiary/aromatic N) is 3. The summed E-state index contributed by atoms with van der Waals surface area (Å²) in [4.78, 5) is 22.1. The number of benzene rings is 1. The highest BCUT2D eigenvalue weighted by molar-refractivity contribution is 7.90. The van der Waals surface area contributed by atoms with E-state index in [4.69, 9.17) is 4.42 Å². The topological polar surface area (TPSA) is 93.4 Å². The number of carbonyl (C=O) groups excluding carboxylic acids is 1. The van der Waals surface area contributed by atoms with E-state index in [9.17, 15) is 22.0 Å². The van der Waals surface area contributed by atoms with Crippen molar-refractivity contribution in [2.45, 2.75) is 5.16 Å². The average molecular weight is 417 g/mol. The van der Waals surface area contributed by atoms with Crippen LogP contribution in [0.4, 0.5) is 8.78 Å². The van der Waals surface area contributed by atoms with Gasteiger partial charge in [-0.05, 0) is 30.3 Å². The van der Waals surface area contributed by atoms with Gasteiger partial charge in [0.1, 0.15) is 23.0 Å². The van der Waals surface area contributed by atoms with Crippen LogP contribution in [-0.4, -0.2) is 42.5 Å². The summed E-state index contributed by atoms with van der Waals surface area (Å²) in [7, 11) is -2.39. The summed E-state index contributed by atoms with van der Waals surface area (Å²) in [5, 5.41) is -0.503. The predicted molar refractivity (Wildman–Crippen MR) is 99.2 cm³/mol. The van der Waals surface area contributed by atoms with Crippen LogP contribution in [0.5, 0.6) is 0 Å².